The average Bonchev–Trinajstić information content (AvgIpc) is 3.16. The molecule has 1 heterocycles. The number of amides is 1. The molecule has 0 radical (unpaired) electrons. The molecule has 5 nitrogen and oxygen atoms in total. The van der Waals surface area contributed by atoms with Crippen molar-refractivity contribution < 1.29 is 4.79 Å². The summed E-state index contributed by atoms with van der Waals surface area (Å²) in [5.74, 6) is 0.449. The summed E-state index contributed by atoms with van der Waals surface area (Å²) in [6.45, 7) is 1.80. The lowest BCUT2D eigenvalue weighted by atomic mass is 9.98. The number of aromatic nitrogens is 2. The first-order valence-corrected chi connectivity index (χ1v) is 8.82. The van der Waals surface area contributed by atoms with Crippen molar-refractivity contribution in [3.63, 3.8) is 0 Å². The molecule has 102 valence electrons. The molecule has 1 amide bonds. The highest BCUT2D eigenvalue weighted by Crippen LogP contribution is 2.39. The Morgan fingerprint density at radius 2 is 2.26 bits per heavy atom. The second-order valence-corrected chi connectivity index (χ2v) is 7.72. The number of nitrogens with zero attached hydrogens (tertiary/aromatic N) is 3. The van der Waals surface area contributed by atoms with Gasteiger partial charge in [0, 0.05) is 0 Å². The number of thioether (sulfide) groups is 2. The first-order chi connectivity index (χ1) is 9.07. The van der Waals surface area contributed by atoms with E-state index in [0.29, 0.717) is 5.92 Å². The highest BCUT2D eigenvalue weighted by Gasteiger charge is 2.42. The van der Waals surface area contributed by atoms with Crippen LogP contribution in [0.4, 0.5) is 0 Å². The van der Waals surface area contributed by atoms with Gasteiger partial charge < -0.3 is 5.32 Å². The van der Waals surface area contributed by atoms with E-state index < -0.39 is 5.54 Å². The first-order valence-electron chi connectivity index (χ1n) is 5.80. The summed E-state index contributed by atoms with van der Waals surface area (Å²) in [6.07, 6.45) is 3.98. The number of rotatable bonds is 6. The molecule has 0 saturated heterocycles. The monoisotopic (exact) mass is 314 g/mol. The SMILES string of the molecule is CSc1nnc(SCC(=O)NC(C)(C#N)C2CC2)s1. The zero-order chi connectivity index (χ0) is 13.9. The van der Waals surface area contributed by atoms with Crippen molar-refractivity contribution in [3.05, 3.63) is 0 Å². The lowest BCUT2D eigenvalue weighted by Crippen LogP contribution is -2.47. The molecule has 1 aromatic heterocycles. The fourth-order valence-corrected chi connectivity index (χ4v) is 3.91. The molecule has 0 aromatic carbocycles. The third-order valence-electron chi connectivity index (χ3n) is 2.91. The van der Waals surface area contributed by atoms with Crippen molar-refractivity contribution in [1.29, 1.82) is 5.26 Å². The third-order valence-corrected chi connectivity index (χ3v) is 5.95. The minimum Gasteiger partial charge on any atom is -0.337 e. The van der Waals surface area contributed by atoms with Crippen LogP contribution in [0.15, 0.2) is 8.68 Å². The highest BCUT2D eigenvalue weighted by molar-refractivity contribution is 8.03. The van der Waals surface area contributed by atoms with E-state index in [9.17, 15) is 10.1 Å². The molecule has 2 rings (SSSR count). The molecule has 8 heteroatoms. The van der Waals surface area contributed by atoms with E-state index in [0.717, 1.165) is 21.5 Å². The van der Waals surface area contributed by atoms with Crippen LogP contribution >= 0.6 is 34.9 Å². The molecule has 1 unspecified atom stereocenters. The molecule has 0 spiro atoms. The fourth-order valence-electron chi connectivity index (χ4n) is 1.67. The number of carbonyl (C=O) groups excluding carboxylic acids is 1. The largest absolute Gasteiger partial charge is 0.337 e. The normalized spacial score (nSPS) is 17.5. The summed E-state index contributed by atoms with van der Waals surface area (Å²) in [6, 6.07) is 2.21. The molecule has 1 aromatic rings. The molecular weight excluding hydrogens is 300 g/mol. The van der Waals surface area contributed by atoms with Crippen LogP contribution in [0.25, 0.3) is 0 Å². The molecule has 0 bridgehead atoms. The second-order valence-electron chi connectivity index (χ2n) is 4.46. The number of nitrogens with one attached hydrogen (secondary N) is 1. The molecule has 1 saturated carbocycles. The lowest BCUT2D eigenvalue weighted by molar-refractivity contribution is -0.119. The van der Waals surface area contributed by atoms with E-state index in [1.807, 2.05) is 6.26 Å². The average molecular weight is 314 g/mol. The minimum absolute atomic E-state index is 0.123. The molecule has 1 atom stereocenters. The quantitative estimate of drug-likeness (QED) is 0.811. The smallest absolute Gasteiger partial charge is 0.231 e. The molecular formula is C11H14N4OS3. The van der Waals surface area contributed by atoms with E-state index in [1.54, 1.807) is 6.92 Å². The summed E-state index contributed by atoms with van der Waals surface area (Å²) < 4.78 is 1.67. The van der Waals surface area contributed by atoms with Crippen molar-refractivity contribution in [2.75, 3.05) is 12.0 Å². The van der Waals surface area contributed by atoms with Crippen LogP contribution in [0.3, 0.4) is 0 Å². The van der Waals surface area contributed by atoms with Gasteiger partial charge >= 0.3 is 0 Å². The Hall–Kier alpha value is -0.780. The molecule has 1 N–H and O–H groups in total. The number of hydrogen-bond acceptors (Lipinski definition) is 7. The Labute approximate surface area is 124 Å². The Morgan fingerprint density at radius 1 is 1.58 bits per heavy atom. The molecule has 1 fully saturated rings. The minimum atomic E-state index is -0.719. The van der Waals surface area contributed by atoms with Gasteiger partial charge in [0.2, 0.25) is 5.91 Å². The van der Waals surface area contributed by atoms with Crippen molar-refractivity contribution >= 4 is 40.8 Å². The summed E-state index contributed by atoms with van der Waals surface area (Å²) in [5, 5.41) is 20.0. The topological polar surface area (TPSA) is 78.7 Å². The highest BCUT2D eigenvalue weighted by atomic mass is 32.2. The summed E-state index contributed by atoms with van der Waals surface area (Å²) in [5.41, 5.74) is -0.719. The second kappa shape index (κ2) is 6.11. The maximum Gasteiger partial charge on any atom is 0.231 e. The Kier molecular flexibility index (Phi) is 4.71. The molecule has 1 aliphatic rings. The van der Waals surface area contributed by atoms with Gasteiger partial charge in [-0.25, -0.2) is 0 Å². The van der Waals surface area contributed by atoms with Crippen LogP contribution in [0, 0.1) is 17.2 Å². The predicted molar refractivity (Wildman–Crippen MR) is 77.3 cm³/mol. The molecule has 1 aliphatic carbocycles. The Bertz CT molecular complexity index is 508. The Balaban J connectivity index is 1.83. The van der Waals surface area contributed by atoms with Gasteiger partial charge in [-0.2, -0.15) is 5.26 Å². The van der Waals surface area contributed by atoms with Gasteiger partial charge in [-0.05, 0) is 31.9 Å². The van der Waals surface area contributed by atoms with E-state index in [2.05, 4.69) is 21.6 Å². The molecule has 19 heavy (non-hydrogen) atoms. The zero-order valence-corrected chi connectivity index (χ0v) is 13.1. The summed E-state index contributed by atoms with van der Waals surface area (Å²) >= 11 is 4.37. The maximum atomic E-state index is 11.9. The fraction of sp³-hybridized carbons (Fsp3) is 0.636. The van der Waals surface area contributed by atoms with Crippen LogP contribution in [0.5, 0.6) is 0 Å². The number of hydrogen-bond donors (Lipinski definition) is 1. The Morgan fingerprint density at radius 3 is 2.79 bits per heavy atom. The predicted octanol–water partition coefficient (Wildman–Crippen LogP) is 2.16. The van der Waals surface area contributed by atoms with Gasteiger partial charge in [0.25, 0.3) is 0 Å². The maximum absolute atomic E-state index is 11.9. The van der Waals surface area contributed by atoms with Crippen molar-refractivity contribution in [3.8, 4) is 6.07 Å². The van der Waals surface area contributed by atoms with Crippen molar-refractivity contribution in [2.24, 2.45) is 5.92 Å². The van der Waals surface area contributed by atoms with Crippen LogP contribution in [0.1, 0.15) is 19.8 Å². The number of carbonyl (C=O) groups is 1. The van der Waals surface area contributed by atoms with Crippen LogP contribution in [-0.2, 0) is 4.79 Å². The van der Waals surface area contributed by atoms with Gasteiger partial charge in [-0.1, -0.05) is 34.9 Å². The van der Waals surface area contributed by atoms with Crippen molar-refractivity contribution in [2.45, 2.75) is 34.0 Å². The third kappa shape index (κ3) is 3.84. The van der Waals surface area contributed by atoms with Gasteiger partial charge in [0.1, 0.15) is 5.54 Å². The van der Waals surface area contributed by atoms with Crippen LogP contribution < -0.4 is 5.32 Å². The number of nitriles is 1. The van der Waals surface area contributed by atoms with Gasteiger partial charge in [-0.15, -0.1) is 10.2 Å². The van der Waals surface area contributed by atoms with E-state index in [4.69, 9.17) is 0 Å². The van der Waals surface area contributed by atoms with Crippen molar-refractivity contribution in [1.82, 2.24) is 15.5 Å². The summed E-state index contributed by atoms with van der Waals surface area (Å²) in [7, 11) is 0. The summed E-state index contributed by atoms with van der Waals surface area (Å²) in [4.78, 5) is 11.9. The standard InChI is InChI=1S/C11H14N4OS3/c1-11(6-12,7-3-4-7)13-8(16)5-18-10-15-14-9(17-2)19-10/h7H,3-5H2,1-2H3,(H,13,16). The van der Waals surface area contributed by atoms with E-state index >= 15 is 0 Å². The van der Waals surface area contributed by atoms with Gasteiger partial charge in [0.15, 0.2) is 8.68 Å². The first kappa shape index (κ1) is 14.6. The van der Waals surface area contributed by atoms with Gasteiger partial charge in [0.05, 0.1) is 11.8 Å². The molecule has 0 aliphatic heterocycles. The van der Waals surface area contributed by atoms with Crippen LogP contribution in [0.2, 0.25) is 0 Å². The zero-order valence-electron chi connectivity index (χ0n) is 10.7. The van der Waals surface area contributed by atoms with Crippen LogP contribution in [-0.4, -0.2) is 33.7 Å². The lowest BCUT2D eigenvalue weighted by Gasteiger charge is -2.22. The van der Waals surface area contributed by atoms with E-state index in [1.165, 1.54) is 34.9 Å². The van der Waals surface area contributed by atoms with E-state index in [-0.39, 0.29) is 11.7 Å². The van der Waals surface area contributed by atoms with Gasteiger partial charge in [-0.3, -0.25) is 4.79 Å².